The molecule has 1 aromatic carbocycles. The number of methoxy groups -OCH3 is 1. The van der Waals surface area contributed by atoms with Crippen molar-refractivity contribution < 1.29 is 9.84 Å². The summed E-state index contributed by atoms with van der Waals surface area (Å²) >= 11 is 1.58. The Bertz CT molecular complexity index is 912. The van der Waals surface area contributed by atoms with Crippen LogP contribution in [0.3, 0.4) is 0 Å². The number of anilines is 1. The van der Waals surface area contributed by atoms with Crippen molar-refractivity contribution in [2.45, 2.75) is 32.4 Å². The van der Waals surface area contributed by atoms with E-state index >= 15 is 0 Å². The second-order valence-corrected chi connectivity index (χ2v) is 8.42. The fourth-order valence-electron chi connectivity index (χ4n) is 3.85. The monoisotopic (exact) mass is 387 g/mol. The first-order valence-corrected chi connectivity index (χ1v) is 9.89. The smallest absolute Gasteiger partial charge is 0.194 e. The van der Waals surface area contributed by atoms with Gasteiger partial charge in [0.1, 0.15) is 11.4 Å². The van der Waals surface area contributed by atoms with Gasteiger partial charge in [-0.25, -0.2) is 4.68 Å². The molecule has 144 valence electrons. The predicted molar refractivity (Wildman–Crippen MR) is 108 cm³/mol. The van der Waals surface area contributed by atoms with Crippen molar-refractivity contribution in [3.8, 4) is 11.4 Å². The van der Waals surface area contributed by atoms with Gasteiger partial charge in [-0.2, -0.15) is 4.98 Å². The summed E-state index contributed by atoms with van der Waals surface area (Å²) in [7, 11) is 3.88. The minimum absolute atomic E-state index is 0.233. The Morgan fingerprint density at radius 1 is 1.30 bits per heavy atom. The number of phenols is 1. The third-order valence-corrected chi connectivity index (χ3v) is 5.90. The second kappa shape index (κ2) is 7.10. The zero-order valence-corrected chi connectivity index (χ0v) is 16.9. The fourth-order valence-corrected chi connectivity index (χ4v) is 4.74. The van der Waals surface area contributed by atoms with Crippen molar-refractivity contribution in [1.82, 2.24) is 19.7 Å². The summed E-state index contributed by atoms with van der Waals surface area (Å²) in [5.41, 5.74) is 3.41. The number of aromatic nitrogens is 3. The molecule has 1 aliphatic rings. The number of phenolic OH excluding ortho intramolecular Hbond substituents is 1. The van der Waals surface area contributed by atoms with E-state index in [2.05, 4.69) is 27.3 Å². The van der Waals surface area contributed by atoms with Crippen LogP contribution in [-0.2, 0) is 4.74 Å². The van der Waals surface area contributed by atoms with Crippen LogP contribution in [-0.4, -0.2) is 64.2 Å². The normalized spacial score (nSPS) is 21.0. The highest BCUT2D eigenvalue weighted by atomic mass is 32.1. The zero-order chi connectivity index (χ0) is 19.1. The van der Waals surface area contributed by atoms with Crippen LogP contribution >= 0.6 is 11.3 Å². The van der Waals surface area contributed by atoms with E-state index in [-0.39, 0.29) is 11.9 Å². The Kier molecular flexibility index (Phi) is 4.79. The van der Waals surface area contributed by atoms with E-state index in [1.165, 1.54) is 0 Å². The lowest BCUT2D eigenvalue weighted by atomic mass is 10.0. The molecule has 2 atom stereocenters. The van der Waals surface area contributed by atoms with Gasteiger partial charge in [0.2, 0.25) is 0 Å². The summed E-state index contributed by atoms with van der Waals surface area (Å²) in [6.07, 6.45) is 3.14. The van der Waals surface area contributed by atoms with Gasteiger partial charge in [0.05, 0.1) is 17.0 Å². The first kappa shape index (κ1) is 18.2. The minimum Gasteiger partial charge on any atom is -0.506 e. The van der Waals surface area contributed by atoms with Crippen LogP contribution < -0.4 is 5.32 Å². The number of likely N-dealkylation sites (tertiary alicyclic amines) is 1. The second-order valence-electron chi connectivity index (χ2n) is 7.39. The number of nitrogens with one attached hydrogen (secondary N) is 1. The molecule has 0 amide bonds. The molecular weight excluding hydrogens is 362 g/mol. The van der Waals surface area contributed by atoms with Gasteiger partial charge in [0.15, 0.2) is 10.8 Å². The molecule has 1 saturated heterocycles. The number of piperidine rings is 1. The van der Waals surface area contributed by atoms with Gasteiger partial charge in [-0.05, 0) is 44.5 Å². The number of fused-ring (bicyclic) bond motifs is 1. The van der Waals surface area contributed by atoms with E-state index in [4.69, 9.17) is 4.74 Å². The fraction of sp³-hybridized carbons (Fsp3) is 0.474. The number of benzene rings is 1. The lowest BCUT2D eigenvalue weighted by Crippen LogP contribution is -2.47. The molecule has 0 aliphatic carbocycles. The molecule has 0 bridgehead atoms. The average molecular weight is 388 g/mol. The molecule has 3 aromatic rings. The van der Waals surface area contributed by atoms with Gasteiger partial charge >= 0.3 is 0 Å². The summed E-state index contributed by atoms with van der Waals surface area (Å²) in [5.74, 6) is 0.233. The topological polar surface area (TPSA) is 75.4 Å². The lowest BCUT2D eigenvalue weighted by Gasteiger charge is -2.35. The van der Waals surface area contributed by atoms with Gasteiger partial charge in [-0.1, -0.05) is 17.4 Å². The summed E-state index contributed by atoms with van der Waals surface area (Å²) in [5, 5.41) is 19.3. The zero-order valence-electron chi connectivity index (χ0n) is 16.1. The first-order chi connectivity index (χ1) is 12.9. The number of nitrogens with zero attached hydrogens (tertiary/aromatic N) is 4. The Morgan fingerprint density at radius 3 is 2.81 bits per heavy atom. The highest BCUT2D eigenvalue weighted by molar-refractivity contribution is 7.22. The van der Waals surface area contributed by atoms with Crippen LogP contribution in [0.5, 0.6) is 5.75 Å². The molecule has 27 heavy (non-hydrogen) atoms. The quantitative estimate of drug-likeness (QED) is 0.717. The summed E-state index contributed by atoms with van der Waals surface area (Å²) in [6.45, 7) is 5.87. The van der Waals surface area contributed by atoms with E-state index in [1.54, 1.807) is 29.2 Å². The van der Waals surface area contributed by atoms with Gasteiger partial charge in [0.25, 0.3) is 0 Å². The van der Waals surface area contributed by atoms with Crippen LogP contribution in [0.1, 0.15) is 17.5 Å². The average Bonchev–Trinajstić information content (AvgIpc) is 3.11. The first-order valence-electron chi connectivity index (χ1n) is 9.07. The molecule has 0 radical (unpaired) electrons. The van der Waals surface area contributed by atoms with Gasteiger partial charge in [-0.15, -0.1) is 5.10 Å². The van der Waals surface area contributed by atoms with Crippen LogP contribution in [0.2, 0.25) is 0 Å². The molecule has 1 fully saturated rings. The van der Waals surface area contributed by atoms with Crippen molar-refractivity contribution in [2.75, 3.05) is 32.6 Å². The summed E-state index contributed by atoms with van der Waals surface area (Å²) in [6, 6.07) is 4.10. The summed E-state index contributed by atoms with van der Waals surface area (Å²) in [4.78, 5) is 6.92. The molecule has 3 heterocycles. The predicted octanol–water partition coefficient (Wildman–Crippen LogP) is 2.94. The van der Waals surface area contributed by atoms with Crippen LogP contribution in [0.15, 0.2) is 18.3 Å². The molecule has 8 heteroatoms. The molecule has 0 saturated carbocycles. The Hall–Kier alpha value is -2.16. The molecule has 0 unspecified atom stereocenters. The SMILES string of the molecule is CO[C@@H]1C[C@@H](Nc2nc3nn(-c4c(C)cc(C)cc4O)cc3s2)CN(C)C1. The Labute approximate surface area is 162 Å². The third-order valence-electron chi connectivity index (χ3n) is 4.99. The van der Waals surface area contributed by atoms with E-state index < -0.39 is 0 Å². The maximum Gasteiger partial charge on any atom is 0.194 e. The highest BCUT2D eigenvalue weighted by Gasteiger charge is 2.26. The van der Waals surface area contributed by atoms with Crippen molar-refractivity contribution in [1.29, 1.82) is 0 Å². The molecule has 2 aromatic heterocycles. The molecular formula is C19H25N5O2S. The standard InChI is InChI=1S/C19H25N5O2S/c1-11-5-12(2)17(15(25)6-11)24-10-16-18(22-24)21-19(27-16)20-13-7-14(26-4)9-23(3)8-13/h5-6,10,13-14,25H,7-9H2,1-4H3,(H,20,21,22)/t13-,14-/m1/s1. The number of rotatable bonds is 4. The number of likely N-dealkylation sites (N-methyl/N-ethyl adjacent to an activating group) is 1. The van der Waals surface area contributed by atoms with Crippen molar-refractivity contribution in [2.24, 2.45) is 0 Å². The number of aryl methyl sites for hydroxylation is 2. The number of ether oxygens (including phenoxy) is 1. The molecule has 7 nitrogen and oxygen atoms in total. The lowest BCUT2D eigenvalue weighted by molar-refractivity contribution is 0.0360. The van der Waals surface area contributed by atoms with Crippen molar-refractivity contribution in [3.63, 3.8) is 0 Å². The largest absolute Gasteiger partial charge is 0.506 e. The molecule has 1 aliphatic heterocycles. The maximum absolute atomic E-state index is 10.3. The Morgan fingerprint density at radius 2 is 2.11 bits per heavy atom. The number of hydrogen-bond acceptors (Lipinski definition) is 7. The van der Waals surface area contributed by atoms with Crippen LogP contribution in [0.4, 0.5) is 5.13 Å². The number of thiazole rings is 1. The van der Waals surface area contributed by atoms with Crippen molar-refractivity contribution >= 4 is 26.8 Å². The third kappa shape index (κ3) is 3.65. The van der Waals surface area contributed by atoms with E-state index in [1.807, 2.05) is 26.1 Å². The number of hydrogen-bond donors (Lipinski definition) is 2. The molecule has 2 N–H and O–H groups in total. The van der Waals surface area contributed by atoms with Gasteiger partial charge in [-0.3, -0.25) is 0 Å². The van der Waals surface area contributed by atoms with Gasteiger partial charge in [0, 0.05) is 26.2 Å². The van der Waals surface area contributed by atoms with E-state index in [0.29, 0.717) is 17.4 Å². The van der Waals surface area contributed by atoms with Gasteiger partial charge < -0.3 is 20.1 Å². The number of aromatic hydroxyl groups is 1. The highest BCUT2D eigenvalue weighted by Crippen LogP contribution is 2.31. The molecule has 0 spiro atoms. The maximum atomic E-state index is 10.3. The summed E-state index contributed by atoms with van der Waals surface area (Å²) < 4.78 is 8.24. The minimum atomic E-state index is 0.233. The van der Waals surface area contributed by atoms with E-state index in [9.17, 15) is 5.11 Å². The molecule has 4 rings (SSSR count). The van der Waals surface area contributed by atoms with Crippen LogP contribution in [0.25, 0.3) is 16.0 Å². The van der Waals surface area contributed by atoms with Crippen LogP contribution in [0, 0.1) is 13.8 Å². The van der Waals surface area contributed by atoms with Crippen molar-refractivity contribution in [3.05, 3.63) is 29.5 Å². The Balaban J connectivity index is 1.56. The van der Waals surface area contributed by atoms with E-state index in [0.717, 1.165) is 40.5 Å².